The normalized spacial score (nSPS) is 10.3. The number of aryl methyl sites for hydroxylation is 1. The van der Waals surface area contributed by atoms with Gasteiger partial charge in [-0.1, -0.05) is 23.2 Å². The van der Waals surface area contributed by atoms with Gasteiger partial charge < -0.3 is 4.90 Å². The van der Waals surface area contributed by atoms with Crippen molar-refractivity contribution in [1.29, 1.82) is 0 Å². The van der Waals surface area contributed by atoms with Crippen molar-refractivity contribution in [3.8, 4) is 0 Å². The molecular weight excluding hydrogens is 265 g/mol. The summed E-state index contributed by atoms with van der Waals surface area (Å²) < 4.78 is 12.9. The fourth-order valence-electron chi connectivity index (χ4n) is 1.77. The van der Waals surface area contributed by atoms with Crippen molar-refractivity contribution in [2.45, 2.75) is 6.92 Å². The lowest BCUT2D eigenvalue weighted by atomic mass is 10.1. The van der Waals surface area contributed by atoms with Gasteiger partial charge in [0.2, 0.25) is 0 Å². The predicted molar refractivity (Wildman–Crippen MR) is 75.3 cm³/mol. The molecule has 0 aliphatic carbocycles. The van der Waals surface area contributed by atoms with Crippen LogP contribution in [0, 0.1) is 12.7 Å². The van der Waals surface area contributed by atoms with Gasteiger partial charge in [-0.15, -0.1) is 0 Å². The first-order valence-corrected chi connectivity index (χ1v) is 6.16. The third-order valence-electron chi connectivity index (χ3n) is 2.87. The number of carbonyl (C=O) groups excluding carboxylic acids is 1. The largest absolute Gasteiger partial charge is 0.311 e. The van der Waals surface area contributed by atoms with Crippen LogP contribution in [0.4, 0.5) is 10.1 Å². The second-order valence-corrected chi connectivity index (χ2v) is 4.73. The van der Waals surface area contributed by atoms with Crippen LogP contribution in [-0.2, 0) is 0 Å². The highest BCUT2D eigenvalue weighted by molar-refractivity contribution is 6.34. The third kappa shape index (κ3) is 2.93. The molecule has 0 aromatic heterocycles. The second kappa shape index (κ2) is 5.41. The van der Waals surface area contributed by atoms with Crippen LogP contribution in [-0.4, -0.2) is 13.0 Å². The van der Waals surface area contributed by atoms with Gasteiger partial charge in [-0.2, -0.15) is 0 Å². The van der Waals surface area contributed by atoms with Gasteiger partial charge >= 0.3 is 0 Å². The lowest BCUT2D eigenvalue weighted by Crippen LogP contribution is -2.26. The summed E-state index contributed by atoms with van der Waals surface area (Å²) in [5, 5.41) is 0.407. The Kier molecular flexibility index (Phi) is 3.86. The van der Waals surface area contributed by atoms with Crippen LogP contribution < -0.4 is 4.90 Å². The van der Waals surface area contributed by atoms with E-state index in [4.69, 9.17) is 11.6 Å². The zero-order chi connectivity index (χ0) is 14.0. The van der Waals surface area contributed by atoms with Gasteiger partial charge in [0.25, 0.3) is 5.91 Å². The number of amides is 1. The number of halogens is 2. The van der Waals surface area contributed by atoms with Gasteiger partial charge in [0.15, 0.2) is 0 Å². The number of carbonyl (C=O) groups is 1. The van der Waals surface area contributed by atoms with E-state index in [0.29, 0.717) is 16.3 Å². The molecule has 19 heavy (non-hydrogen) atoms. The Morgan fingerprint density at radius 2 is 1.79 bits per heavy atom. The van der Waals surface area contributed by atoms with Crippen molar-refractivity contribution in [1.82, 2.24) is 0 Å². The number of hydrogen-bond donors (Lipinski definition) is 0. The van der Waals surface area contributed by atoms with E-state index in [1.165, 1.54) is 17.0 Å². The van der Waals surface area contributed by atoms with E-state index in [1.54, 1.807) is 31.3 Å². The molecule has 0 saturated carbocycles. The topological polar surface area (TPSA) is 20.3 Å². The average molecular weight is 278 g/mol. The standard InChI is InChI=1S/C15H13ClFNO/c1-10-3-8-14(16)13(9-10)15(19)18(2)12-6-4-11(17)5-7-12/h3-9H,1-2H3. The number of hydrogen-bond acceptors (Lipinski definition) is 1. The molecule has 0 fully saturated rings. The minimum atomic E-state index is -0.335. The van der Waals surface area contributed by atoms with E-state index in [0.717, 1.165) is 5.56 Å². The lowest BCUT2D eigenvalue weighted by molar-refractivity contribution is 0.0993. The highest BCUT2D eigenvalue weighted by atomic mass is 35.5. The summed E-state index contributed by atoms with van der Waals surface area (Å²) in [5.74, 6) is -0.557. The zero-order valence-corrected chi connectivity index (χ0v) is 11.4. The Morgan fingerprint density at radius 3 is 2.42 bits per heavy atom. The highest BCUT2D eigenvalue weighted by Crippen LogP contribution is 2.22. The molecule has 0 spiro atoms. The molecule has 2 nitrogen and oxygen atoms in total. The summed E-state index contributed by atoms with van der Waals surface area (Å²) in [4.78, 5) is 13.8. The van der Waals surface area contributed by atoms with Crippen LogP contribution >= 0.6 is 11.6 Å². The number of benzene rings is 2. The Labute approximate surface area is 116 Å². The van der Waals surface area contributed by atoms with E-state index in [1.807, 2.05) is 13.0 Å². The van der Waals surface area contributed by atoms with Crippen LogP contribution in [0.25, 0.3) is 0 Å². The third-order valence-corrected chi connectivity index (χ3v) is 3.20. The fraction of sp³-hybridized carbons (Fsp3) is 0.133. The minimum absolute atomic E-state index is 0.222. The van der Waals surface area contributed by atoms with Crippen molar-refractivity contribution in [2.24, 2.45) is 0 Å². The molecule has 98 valence electrons. The first kappa shape index (κ1) is 13.6. The van der Waals surface area contributed by atoms with E-state index in [9.17, 15) is 9.18 Å². The molecule has 0 aliphatic rings. The number of rotatable bonds is 2. The van der Waals surface area contributed by atoms with Gasteiger partial charge in [0, 0.05) is 12.7 Å². The molecule has 0 heterocycles. The van der Waals surface area contributed by atoms with E-state index in [-0.39, 0.29) is 11.7 Å². The summed E-state index contributed by atoms with van der Waals surface area (Å²) in [6.07, 6.45) is 0. The van der Waals surface area contributed by atoms with E-state index < -0.39 is 0 Å². The maximum absolute atomic E-state index is 12.9. The predicted octanol–water partition coefficient (Wildman–Crippen LogP) is 4.06. The van der Waals surface area contributed by atoms with Crippen LogP contribution in [0.3, 0.4) is 0 Å². The molecule has 0 bridgehead atoms. The van der Waals surface area contributed by atoms with Gasteiger partial charge in [-0.25, -0.2) is 4.39 Å². The van der Waals surface area contributed by atoms with Gasteiger partial charge in [0.1, 0.15) is 5.82 Å². The monoisotopic (exact) mass is 277 g/mol. The summed E-state index contributed by atoms with van der Waals surface area (Å²) >= 11 is 6.04. The molecule has 0 atom stereocenters. The van der Waals surface area contributed by atoms with Gasteiger partial charge in [-0.3, -0.25) is 4.79 Å². The smallest absolute Gasteiger partial charge is 0.259 e. The second-order valence-electron chi connectivity index (χ2n) is 4.32. The molecule has 0 saturated heterocycles. The molecule has 2 aromatic carbocycles. The van der Waals surface area contributed by atoms with E-state index >= 15 is 0 Å². The Bertz CT molecular complexity index is 610. The summed E-state index contributed by atoms with van der Waals surface area (Å²) in [7, 11) is 1.63. The maximum atomic E-state index is 12.9. The first-order chi connectivity index (χ1) is 8.99. The van der Waals surface area contributed by atoms with Crippen LogP contribution in [0.1, 0.15) is 15.9 Å². The molecule has 0 aliphatic heterocycles. The van der Waals surface area contributed by atoms with Gasteiger partial charge in [0.05, 0.1) is 10.6 Å². The molecule has 4 heteroatoms. The lowest BCUT2D eigenvalue weighted by Gasteiger charge is -2.18. The molecule has 0 unspecified atom stereocenters. The Morgan fingerprint density at radius 1 is 1.16 bits per heavy atom. The van der Waals surface area contributed by atoms with E-state index in [2.05, 4.69) is 0 Å². The molecule has 0 N–H and O–H groups in total. The summed E-state index contributed by atoms with van der Waals surface area (Å²) in [6, 6.07) is 11.0. The quantitative estimate of drug-likeness (QED) is 0.810. The van der Waals surface area contributed by atoms with Gasteiger partial charge in [-0.05, 0) is 43.3 Å². The highest BCUT2D eigenvalue weighted by Gasteiger charge is 2.16. The molecule has 2 rings (SSSR count). The molecule has 1 amide bonds. The Hall–Kier alpha value is -1.87. The van der Waals surface area contributed by atoms with Crippen molar-refractivity contribution < 1.29 is 9.18 Å². The van der Waals surface area contributed by atoms with Crippen LogP contribution in [0.5, 0.6) is 0 Å². The number of nitrogens with zero attached hydrogens (tertiary/aromatic N) is 1. The summed E-state index contributed by atoms with van der Waals surface area (Å²) in [5.41, 5.74) is 2.01. The molecular formula is C15H13ClFNO. The summed E-state index contributed by atoms with van der Waals surface area (Å²) in [6.45, 7) is 1.89. The maximum Gasteiger partial charge on any atom is 0.259 e. The van der Waals surface area contributed by atoms with Crippen molar-refractivity contribution >= 4 is 23.2 Å². The first-order valence-electron chi connectivity index (χ1n) is 5.79. The SMILES string of the molecule is Cc1ccc(Cl)c(C(=O)N(C)c2ccc(F)cc2)c1. The van der Waals surface area contributed by atoms with Crippen molar-refractivity contribution in [2.75, 3.05) is 11.9 Å². The van der Waals surface area contributed by atoms with Crippen LogP contribution in [0.15, 0.2) is 42.5 Å². The fourth-order valence-corrected chi connectivity index (χ4v) is 1.96. The molecule has 0 radical (unpaired) electrons. The zero-order valence-electron chi connectivity index (χ0n) is 10.7. The van der Waals surface area contributed by atoms with Crippen LogP contribution in [0.2, 0.25) is 5.02 Å². The Balaban J connectivity index is 2.33. The minimum Gasteiger partial charge on any atom is -0.311 e. The molecule has 2 aromatic rings. The van der Waals surface area contributed by atoms with Crippen molar-refractivity contribution in [3.05, 3.63) is 64.4 Å². The number of anilines is 1. The van der Waals surface area contributed by atoms with Crippen molar-refractivity contribution in [3.63, 3.8) is 0 Å². The average Bonchev–Trinajstić information content (AvgIpc) is 2.41.